The molecule has 1 saturated carbocycles. The van der Waals surface area contributed by atoms with Gasteiger partial charge in [0.25, 0.3) is 11.7 Å². The molecular formula is C54H86N2O12. The van der Waals surface area contributed by atoms with Crippen molar-refractivity contribution in [1.29, 1.82) is 0 Å². The van der Waals surface area contributed by atoms with Gasteiger partial charge in [-0.2, -0.15) is 0 Å². The van der Waals surface area contributed by atoms with Crippen LogP contribution in [0.2, 0.25) is 0 Å². The molecule has 3 heterocycles. The molecule has 15 unspecified atom stereocenters. The van der Waals surface area contributed by atoms with Crippen LogP contribution in [0.25, 0.3) is 0 Å². The Morgan fingerprint density at radius 1 is 0.912 bits per heavy atom. The molecule has 3 fully saturated rings. The Morgan fingerprint density at radius 2 is 1.65 bits per heavy atom. The van der Waals surface area contributed by atoms with E-state index in [1.165, 1.54) is 4.90 Å². The summed E-state index contributed by atoms with van der Waals surface area (Å²) in [5, 5.41) is 37.8. The first-order chi connectivity index (χ1) is 32.2. The fourth-order valence-electron chi connectivity index (χ4n) is 10.6. The molecule has 0 spiro atoms. The van der Waals surface area contributed by atoms with E-state index in [1.807, 2.05) is 38.2 Å². The van der Waals surface area contributed by atoms with E-state index in [2.05, 4.69) is 31.8 Å². The molecule has 0 aromatic heterocycles. The molecule has 3 aliphatic heterocycles. The summed E-state index contributed by atoms with van der Waals surface area (Å²) in [6, 6.07) is -1.32. The van der Waals surface area contributed by atoms with Gasteiger partial charge in [0.1, 0.15) is 30.1 Å². The number of hydrogen-bond acceptors (Lipinski definition) is 13. The van der Waals surface area contributed by atoms with E-state index in [9.17, 15) is 34.5 Å². The predicted molar refractivity (Wildman–Crippen MR) is 262 cm³/mol. The summed E-state index contributed by atoms with van der Waals surface area (Å²) in [6.07, 6.45) is 13.6. The molecule has 0 aromatic rings. The Morgan fingerprint density at radius 3 is 2.34 bits per heavy atom. The third-order valence-electron chi connectivity index (χ3n) is 15.2. The number of rotatable bonds is 9. The predicted octanol–water partition coefficient (Wildman–Crippen LogP) is 6.76. The van der Waals surface area contributed by atoms with Gasteiger partial charge in [-0.25, -0.2) is 4.79 Å². The number of piperidine rings is 1. The summed E-state index contributed by atoms with van der Waals surface area (Å²) >= 11 is 0. The number of aliphatic hydroxyl groups excluding tert-OH is 2. The zero-order chi connectivity index (χ0) is 50.3. The highest BCUT2D eigenvalue weighted by Crippen LogP contribution is 2.38. The minimum absolute atomic E-state index is 0.000876. The van der Waals surface area contributed by atoms with Crippen LogP contribution in [0.4, 0.5) is 0 Å². The Bertz CT molecular complexity index is 1810. The van der Waals surface area contributed by atoms with Crippen LogP contribution >= 0.6 is 0 Å². The number of Topliss-reactive ketones (excluding diaryl/α,β-unsaturated/α-hetero) is 2. The molecule has 4 aliphatic rings. The molecule has 0 radical (unpaired) electrons. The van der Waals surface area contributed by atoms with Crippen LogP contribution in [0.5, 0.6) is 0 Å². The number of carbonyl (C=O) groups excluding carboxylic acids is 4. The van der Waals surface area contributed by atoms with Crippen LogP contribution in [0.1, 0.15) is 126 Å². The molecule has 15 atom stereocenters. The van der Waals surface area contributed by atoms with Gasteiger partial charge in [0.15, 0.2) is 0 Å². The Hall–Kier alpha value is -3.34. The quantitative estimate of drug-likeness (QED) is 0.0822. The molecule has 384 valence electrons. The zero-order valence-electron chi connectivity index (χ0n) is 42.8. The monoisotopic (exact) mass is 955 g/mol. The summed E-state index contributed by atoms with van der Waals surface area (Å²) < 4.78 is 29.3. The van der Waals surface area contributed by atoms with Crippen molar-refractivity contribution in [3.05, 3.63) is 59.8 Å². The van der Waals surface area contributed by atoms with E-state index in [0.717, 1.165) is 24.0 Å². The number of ketones is 2. The third-order valence-corrected chi connectivity index (χ3v) is 15.2. The van der Waals surface area contributed by atoms with Crippen LogP contribution in [0, 0.1) is 35.5 Å². The average Bonchev–Trinajstić information content (AvgIpc) is 3.31. The first kappa shape index (κ1) is 57.2. The number of allylic oxidation sites excluding steroid dienone is 6. The van der Waals surface area contributed by atoms with Crippen LogP contribution in [0.15, 0.2) is 59.8 Å². The van der Waals surface area contributed by atoms with Gasteiger partial charge >= 0.3 is 5.97 Å². The number of cyclic esters (lactones) is 1. The summed E-state index contributed by atoms with van der Waals surface area (Å²) in [5.74, 6) is -6.81. The fourth-order valence-corrected chi connectivity index (χ4v) is 10.6. The van der Waals surface area contributed by atoms with Gasteiger partial charge in [-0.3, -0.25) is 14.4 Å². The lowest BCUT2D eigenvalue weighted by Crippen LogP contribution is -2.61. The lowest BCUT2D eigenvalue weighted by atomic mass is 9.78. The number of amides is 1. The second-order valence-corrected chi connectivity index (χ2v) is 20.5. The van der Waals surface area contributed by atoms with Crippen LogP contribution in [-0.2, 0) is 42.9 Å². The first-order valence-electron chi connectivity index (χ1n) is 25.3. The molecule has 0 aromatic carbocycles. The lowest BCUT2D eigenvalue weighted by Gasteiger charge is -2.43. The van der Waals surface area contributed by atoms with Crippen LogP contribution in [0.3, 0.4) is 0 Å². The molecule has 14 heteroatoms. The lowest BCUT2D eigenvalue weighted by molar-refractivity contribution is -0.264. The maximum Gasteiger partial charge on any atom is 0.329 e. The van der Waals surface area contributed by atoms with Crippen LogP contribution in [-0.4, -0.2) is 139 Å². The van der Waals surface area contributed by atoms with Crippen molar-refractivity contribution in [1.82, 2.24) is 10.2 Å². The molecule has 4 rings (SSSR count). The van der Waals surface area contributed by atoms with E-state index in [1.54, 1.807) is 48.2 Å². The summed E-state index contributed by atoms with van der Waals surface area (Å²) in [7, 11) is 4.75. The molecule has 1 amide bonds. The second-order valence-electron chi connectivity index (χ2n) is 20.5. The van der Waals surface area contributed by atoms with E-state index in [-0.39, 0.29) is 61.0 Å². The molecule has 2 saturated heterocycles. The smallest absolute Gasteiger partial charge is 0.329 e. The average molecular weight is 955 g/mol. The van der Waals surface area contributed by atoms with Gasteiger partial charge < -0.3 is 49.2 Å². The zero-order valence-corrected chi connectivity index (χ0v) is 42.8. The molecule has 4 N–H and O–H groups in total. The first-order valence-corrected chi connectivity index (χ1v) is 25.3. The summed E-state index contributed by atoms with van der Waals surface area (Å²) in [4.78, 5) is 58.6. The van der Waals surface area contributed by atoms with Gasteiger partial charge in [-0.05, 0) is 119 Å². The van der Waals surface area contributed by atoms with Crippen molar-refractivity contribution < 1.29 is 58.2 Å². The van der Waals surface area contributed by atoms with Crippen molar-refractivity contribution in [2.45, 2.75) is 180 Å². The molecule has 14 nitrogen and oxygen atoms in total. The number of hydrogen-bond donors (Lipinski definition) is 4. The van der Waals surface area contributed by atoms with Gasteiger partial charge in [0, 0.05) is 58.7 Å². The Kier molecular flexibility index (Phi) is 23.0. The van der Waals surface area contributed by atoms with E-state index >= 15 is 0 Å². The maximum absolute atomic E-state index is 14.5. The number of methoxy groups -OCH3 is 3. The number of nitrogens with one attached hydrogen (secondary N) is 1. The van der Waals surface area contributed by atoms with Crippen molar-refractivity contribution in [2.24, 2.45) is 35.5 Å². The largest absolute Gasteiger partial charge is 0.460 e. The van der Waals surface area contributed by atoms with Gasteiger partial charge in [0.05, 0.1) is 24.9 Å². The van der Waals surface area contributed by atoms with Crippen molar-refractivity contribution >= 4 is 23.4 Å². The highest BCUT2D eigenvalue weighted by Gasteiger charge is 2.53. The molecular weight excluding hydrogens is 869 g/mol. The summed E-state index contributed by atoms with van der Waals surface area (Å²) in [6.45, 7) is 18.8. The SMILES string of the molecule is C=C1C(C)CC(C)/C=C/C=C/C=C(\C)C(NCCOC)CC2CCC(C)C(O)(O2)C(=O)C(=O)N2CCCCC2C(=O)OC(C(C)CC2CCC(O)C(OC)C2)CC(=O)C(C)/C=C(\C)C(O)C1OC. The van der Waals surface area contributed by atoms with Gasteiger partial charge in [0.2, 0.25) is 5.79 Å². The standard InChI is InChI=1S/C54H86N2O12/c1-33-17-13-12-14-18-34(2)43(55-24-26-64-9)31-42-22-20-39(7)54(63,68-42)51(60)52(61)56-25-16-15-19-44(56)53(62)67-47(37(5)29-41-21-23-45(57)48(30-41)65-10)32-46(58)36(4)28-38(6)49(59)50(66-11)40(8)35(3)27-33/h12-14,17-18,28,33,35-37,39,41-45,47-50,55,57,59,63H,8,15-16,19-27,29-32H2,1-7,9-11H3/b14-12+,17-13+,34-18+,38-28+. The van der Waals surface area contributed by atoms with Crippen molar-refractivity contribution in [2.75, 3.05) is 41.0 Å². The van der Waals surface area contributed by atoms with Crippen molar-refractivity contribution in [3.63, 3.8) is 0 Å². The molecule has 2 bridgehead atoms. The number of ether oxygens (including phenoxy) is 5. The normalized spacial score (nSPS) is 39.2. The second kappa shape index (κ2) is 27.3. The number of nitrogens with zero attached hydrogens (tertiary/aromatic N) is 1. The minimum Gasteiger partial charge on any atom is -0.460 e. The van der Waals surface area contributed by atoms with E-state index in [4.69, 9.17) is 23.7 Å². The summed E-state index contributed by atoms with van der Waals surface area (Å²) in [5.41, 5.74) is 2.30. The van der Waals surface area contributed by atoms with E-state index < -0.39 is 71.8 Å². The maximum atomic E-state index is 14.5. The molecule has 68 heavy (non-hydrogen) atoms. The van der Waals surface area contributed by atoms with Crippen LogP contribution < -0.4 is 5.32 Å². The van der Waals surface area contributed by atoms with Crippen molar-refractivity contribution in [3.8, 4) is 0 Å². The fraction of sp³-hybridized carbons (Fsp3) is 0.741. The molecule has 1 aliphatic carbocycles. The van der Waals surface area contributed by atoms with Gasteiger partial charge in [-0.15, -0.1) is 0 Å². The number of esters is 1. The van der Waals surface area contributed by atoms with Gasteiger partial charge in [-0.1, -0.05) is 83.2 Å². The highest BCUT2D eigenvalue weighted by atomic mass is 16.6. The number of carbonyl (C=O) groups is 4. The minimum atomic E-state index is -2.41. The third kappa shape index (κ3) is 15.6. The highest BCUT2D eigenvalue weighted by molar-refractivity contribution is 6.39. The topological polar surface area (TPSA) is 190 Å². The number of aliphatic hydroxyl groups is 3. The van der Waals surface area contributed by atoms with E-state index in [0.29, 0.717) is 70.1 Å². The Balaban J connectivity index is 1.72. The Labute approximate surface area is 407 Å². The number of fused-ring (bicyclic) bond motifs is 3.